The molecule has 0 aliphatic rings. The zero-order chi connectivity index (χ0) is 21.7. The fraction of sp³-hybridized carbons (Fsp3) is 0.158. The second-order valence-corrected chi connectivity index (χ2v) is 6.04. The van der Waals surface area contributed by atoms with Crippen LogP contribution in [0.5, 0.6) is 5.75 Å². The first-order valence-corrected chi connectivity index (χ1v) is 8.63. The van der Waals surface area contributed by atoms with Crippen molar-refractivity contribution in [3.8, 4) is 11.4 Å². The van der Waals surface area contributed by atoms with Crippen LogP contribution in [0.3, 0.4) is 0 Å². The van der Waals surface area contributed by atoms with Gasteiger partial charge in [-0.2, -0.15) is 9.36 Å². The van der Waals surface area contributed by atoms with E-state index in [0.29, 0.717) is 17.0 Å². The summed E-state index contributed by atoms with van der Waals surface area (Å²) in [4.78, 5) is 35.1. The zero-order valence-corrected chi connectivity index (χ0v) is 16.1. The summed E-state index contributed by atoms with van der Waals surface area (Å²) in [6.45, 7) is -0.196. The highest BCUT2D eigenvalue weighted by Crippen LogP contribution is 2.16. The number of tetrazole rings is 1. The molecule has 3 rings (SSSR count). The van der Waals surface area contributed by atoms with Crippen LogP contribution in [0.2, 0.25) is 0 Å². The van der Waals surface area contributed by atoms with Crippen molar-refractivity contribution in [1.82, 2.24) is 19.8 Å². The monoisotopic (exact) mass is 411 g/mol. The second-order valence-electron chi connectivity index (χ2n) is 6.04. The molecule has 0 unspecified atom stereocenters. The Hall–Kier alpha value is -4.28. The number of carbonyl (C=O) groups is 1. The fourth-order valence-corrected chi connectivity index (χ4v) is 2.61. The maximum atomic E-state index is 12.7. The van der Waals surface area contributed by atoms with Crippen molar-refractivity contribution in [1.29, 1.82) is 0 Å². The van der Waals surface area contributed by atoms with Gasteiger partial charge < -0.3 is 9.47 Å². The van der Waals surface area contributed by atoms with Crippen LogP contribution in [0.1, 0.15) is 5.56 Å². The molecular weight excluding hydrogens is 394 g/mol. The lowest BCUT2D eigenvalue weighted by Crippen LogP contribution is -2.26. The minimum Gasteiger partial charge on any atom is -0.497 e. The topological polar surface area (TPSA) is 131 Å². The van der Waals surface area contributed by atoms with Crippen LogP contribution >= 0.6 is 0 Å². The van der Waals surface area contributed by atoms with Gasteiger partial charge in [0.05, 0.1) is 36.9 Å². The first-order chi connectivity index (χ1) is 14.4. The van der Waals surface area contributed by atoms with E-state index in [0.717, 1.165) is 9.36 Å². The first-order valence-electron chi connectivity index (χ1n) is 8.63. The number of esters is 1. The number of nitro benzene ring substituents is 1. The van der Waals surface area contributed by atoms with E-state index in [4.69, 9.17) is 9.47 Å². The maximum Gasteiger partial charge on any atom is 0.368 e. The Morgan fingerprint density at radius 1 is 1.10 bits per heavy atom. The standard InChI is InChI=1S/C19H17N5O6/c1-29-17-9-7-15(8-10-17)23-19(26)22(20-21-23)12-14(18(25)30-2)11-13-3-5-16(6-4-13)24(27)28/h3-11H,12H2,1-2H3/b14-11+. The minimum atomic E-state index is -0.667. The molecule has 3 aromatic rings. The molecule has 0 radical (unpaired) electrons. The van der Waals surface area contributed by atoms with Gasteiger partial charge in [-0.05, 0) is 58.5 Å². The van der Waals surface area contributed by atoms with E-state index in [9.17, 15) is 19.7 Å². The Morgan fingerprint density at radius 2 is 1.77 bits per heavy atom. The molecule has 30 heavy (non-hydrogen) atoms. The Labute approximate surface area is 169 Å². The number of hydrogen-bond donors (Lipinski definition) is 0. The highest BCUT2D eigenvalue weighted by atomic mass is 16.6. The van der Waals surface area contributed by atoms with Gasteiger partial charge in [-0.1, -0.05) is 0 Å². The Kier molecular flexibility index (Phi) is 6.01. The number of carbonyl (C=O) groups excluding carboxylic acids is 1. The molecule has 0 saturated carbocycles. The third-order valence-corrected chi connectivity index (χ3v) is 4.17. The molecule has 0 atom stereocenters. The van der Waals surface area contributed by atoms with Crippen LogP contribution in [0.15, 0.2) is 58.9 Å². The highest BCUT2D eigenvalue weighted by Gasteiger charge is 2.16. The van der Waals surface area contributed by atoms with Crippen molar-refractivity contribution in [2.75, 3.05) is 14.2 Å². The van der Waals surface area contributed by atoms with Gasteiger partial charge in [-0.25, -0.2) is 9.59 Å². The molecule has 11 nitrogen and oxygen atoms in total. The number of aromatic nitrogens is 4. The van der Waals surface area contributed by atoms with Crippen molar-refractivity contribution in [3.05, 3.63) is 80.3 Å². The van der Waals surface area contributed by atoms with E-state index >= 15 is 0 Å². The number of benzene rings is 2. The predicted molar refractivity (Wildman–Crippen MR) is 105 cm³/mol. The normalized spacial score (nSPS) is 11.2. The first kappa shape index (κ1) is 20.5. The largest absolute Gasteiger partial charge is 0.497 e. The van der Waals surface area contributed by atoms with Crippen LogP contribution < -0.4 is 10.4 Å². The zero-order valence-electron chi connectivity index (χ0n) is 16.1. The SMILES string of the molecule is COC(=O)/C(=C/c1ccc([N+](=O)[O-])cc1)Cn1nnn(-c2ccc(OC)cc2)c1=O. The van der Waals surface area contributed by atoms with E-state index in [1.54, 1.807) is 24.3 Å². The number of non-ortho nitro benzene ring substituents is 1. The lowest BCUT2D eigenvalue weighted by atomic mass is 10.1. The van der Waals surface area contributed by atoms with Gasteiger partial charge in [0, 0.05) is 12.1 Å². The molecule has 0 aliphatic carbocycles. The molecule has 154 valence electrons. The molecule has 0 bridgehead atoms. The maximum absolute atomic E-state index is 12.7. The van der Waals surface area contributed by atoms with Gasteiger partial charge in [0.15, 0.2) is 0 Å². The lowest BCUT2D eigenvalue weighted by Gasteiger charge is -2.05. The molecule has 0 amide bonds. The molecular formula is C19H17N5O6. The van der Waals surface area contributed by atoms with E-state index in [1.165, 1.54) is 44.6 Å². The average Bonchev–Trinajstić information content (AvgIpc) is 3.13. The van der Waals surface area contributed by atoms with E-state index in [1.807, 2.05) is 0 Å². The third kappa shape index (κ3) is 4.41. The summed E-state index contributed by atoms with van der Waals surface area (Å²) in [6, 6.07) is 12.2. The number of hydrogen-bond acceptors (Lipinski definition) is 8. The molecule has 2 aromatic carbocycles. The van der Waals surface area contributed by atoms with Crippen molar-refractivity contribution < 1.29 is 19.2 Å². The van der Waals surface area contributed by atoms with Crippen LogP contribution in [0, 0.1) is 10.1 Å². The smallest absolute Gasteiger partial charge is 0.368 e. The summed E-state index contributed by atoms with van der Waals surface area (Å²) in [5.74, 6) is -0.0440. The van der Waals surface area contributed by atoms with Crippen molar-refractivity contribution >= 4 is 17.7 Å². The van der Waals surface area contributed by atoms with Gasteiger partial charge in [-0.3, -0.25) is 10.1 Å². The Morgan fingerprint density at radius 3 is 2.33 bits per heavy atom. The van der Waals surface area contributed by atoms with E-state index < -0.39 is 16.6 Å². The van der Waals surface area contributed by atoms with E-state index in [-0.39, 0.29) is 17.8 Å². The van der Waals surface area contributed by atoms with Crippen LogP contribution in [0.25, 0.3) is 11.8 Å². The quantitative estimate of drug-likeness (QED) is 0.248. The molecule has 11 heteroatoms. The van der Waals surface area contributed by atoms with Crippen LogP contribution in [-0.4, -0.2) is 44.9 Å². The van der Waals surface area contributed by atoms with Crippen LogP contribution in [0.4, 0.5) is 5.69 Å². The highest BCUT2D eigenvalue weighted by molar-refractivity contribution is 5.93. The molecule has 0 fully saturated rings. The summed E-state index contributed by atoms with van der Waals surface area (Å²) in [5.41, 5.74) is 0.488. The molecule has 0 aliphatic heterocycles. The molecule has 0 N–H and O–H groups in total. The summed E-state index contributed by atoms with van der Waals surface area (Å²) in [6.07, 6.45) is 1.47. The predicted octanol–water partition coefficient (Wildman–Crippen LogP) is 1.60. The van der Waals surface area contributed by atoms with Gasteiger partial charge in [-0.15, -0.1) is 0 Å². The Bertz CT molecular complexity index is 1150. The van der Waals surface area contributed by atoms with Crippen molar-refractivity contribution in [3.63, 3.8) is 0 Å². The van der Waals surface area contributed by atoms with Crippen LogP contribution in [-0.2, 0) is 16.1 Å². The van der Waals surface area contributed by atoms with Gasteiger partial charge in [0.1, 0.15) is 5.75 Å². The Balaban J connectivity index is 1.90. The molecule has 0 saturated heterocycles. The van der Waals surface area contributed by atoms with Crippen molar-refractivity contribution in [2.24, 2.45) is 0 Å². The number of rotatable bonds is 7. The minimum absolute atomic E-state index is 0.0783. The lowest BCUT2D eigenvalue weighted by molar-refractivity contribution is -0.384. The summed E-state index contributed by atoms with van der Waals surface area (Å²) in [5, 5.41) is 18.4. The fourth-order valence-electron chi connectivity index (χ4n) is 2.61. The molecule has 1 aromatic heterocycles. The average molecular weight is 411 g/mol. The van der Waals surface area contributed by atoms with Gasteiger partial charge >= 0.3 is 11.7 Å². The number of ether oxygens (including phenoxy) is 2. The second kappa shape index (κ2) is 8.82. The van der Waals surface area contributed by atoms with Gasteiger partial charge in [0.25, 0.3) is 5.69 Å². The third-order valence-electron chi connectivity index (χ3n) is 4.17. The molecule has 0 spiro atoms. The number of nitrogens with zero attached hydrogens (tertiary/aromatic N) is 5. The number of nitro groups is 1. The van der Waals surface area contributed by atoms with Gasteiger partial charge in [0.2, 0.25) is 0 Å². The summed E-state index contributed by atoms with van der Waals surface area (Å²) in [7, 11) is 2.74. The van der Waals surface area contributed by atoms with Crippen molar-refractivity contribution in [2.45, 2.75) is 6.54 Å². The molecule has 1 heterocycles. The number of methoxy groups -OCH3 is 2. The summed E-state index contributed by atoms with van der Waals surface area (Å²) < 4.78 is 12.0. The van der Waals surface area contributed by atoms with E-state index in [2.05, 4.69) is 10.4 Å². The summed E-state index contributed by atoms with van der Waals surface area (Å²) >= 11 is 0.